The van der Waals surface area contributed by atoms with Crippen LogP contribution in [-0.2, 0) is 0 Å². The molecule has 3 N–H and O–H groups in total. The van der Waals surface area contributed by atoms with Crippen LogP contribution < -0.4 is 17.1 Å². The fourth-order valence-electron chi connectivity index (χ4n) is 0.706. The van der Waals surface area contributed by atoms with Gasteiger partial charge in [0.05, 0.1) is 0 Å². The quantitative estimate of drug-likeness (QED) is 0.612. The molecule has 0 aliphatic carbocycles. The van der Waals surface area contributed by atoms with Crippen molar-refractivity contribution in [2.45, 2.75) is 0 Å². The molecule has 0 radical (unpaired) electrons. The van der Waals surface area contributed by atoms with Crippen molar-refractivity contribution < 1.29 is 0 Å². The van der Waals surface area contributed by atoms with Crippen LogP contribution in [0.2, 0.25) is 15.9 Å². The Bertz CT molecular complexity index is 580. The van der Waals surface area contributed by atoms with E-state index in [1.54, 1.807) is 15.0 Å². The lowest BCUT2D eigenvalue weighted by Gasteiger charge is -1.88. The molecule has 0 aromatic carbocycles. The summed E-state index contributed by atoms with van der Waals surface area (Å²) in [5, 5.41) is 0.00000000000000178. The highest BCUT2D eigenvalue weighted by Crippen LogP contribution is 2.08. The van der Waals surface area contributed by atoms with Gasteiger partial charge in [-0.2, -0.15) is 15.0 Å². The van der Waals surface area contributed by atoms with E-state index in [0.29, 0.717) is 0 Å². The standard InChI is InChI=1S/C3Cl3N3.C3H3N3O3.ClH/c4-1-7-2(5)9-3(6)8-1;7-1-4-2(8)6-3(9)5-1;/h;(H3,4,5,6,7,8,9);1H. The molecular weight excluding hydrogens is 346 g/mol. The molecule has 0 saturated carbocycles. The Morgan fingerprint density at radius 1 is 0.632 bits per heavy atom. The molecule has 104 valence electrons. The Balaban J connectivity index is 0.000000324. The summed E-state index contributed by atoms with van der Waals surface area (Å²) in [7, 11) is 0. The van der Waals surface area contributed by atoms with E-state index in [-0.39, 0.29) is 28.3 Å². The number of aromatic amines is 3. The third-order valence-electron chi connectivity index (χ3n) is 1.23. The predicted molar refractivity (Wildman–Crippen MR) is 70.4 cm³/mol. The van der Waals surface area contributed by atoms with Crippen molar-refractivity contribution in [1.29, 1.82) is 0 Å². The average Bonchev–Trinajstić information content (AvgIpc) is 2.12. The Hall–Kier alpha value is -1.42. The first kappa shape index (κ1) is 17.6. The summed E-state index contributed by atoms with van der Waals surface area (Å²) in [6.45, 7) is 0. The summed E-state index contributed by atoms with van der Waals surface area (Å²) >= 11 is 16.0. The van der Waals surface area contributed by atoms with Crippen LogP contribution >= 0.6 is 47.2 Å². The third-order valence-corrected chi connectivity index (χ3v) is 1.74. The molecule has 2 heterocycles. The van der Waals surface area contributed by atoms with Gasteiger partial charge < -0.3 is 0 Å². The van der Waals surface area contributed by atoms with Crippen LogP contribution in [0.1, 0.15) is 0 Å². The molecule has 2 aromatic heterocycles. The summed E-state index contributed by atoms with van der Waals surface area (Å²) in [5.41, 5.74) is -2.41. The van der Waals surface area contributed by atoms with Crippen LogP contribution in [0, 0.1) is 0 Å². The van der Waals surface area contributed by atoms with Gasteiger partial charge in [0.2, 0.25) is 15.9 Å². The fourth-order valence-corrected chi connectivity index (χ4v) is 1.32. The number of nitrogens with zero attached hydrogens (tertiary/aromatic N) is 3. The molecule has 0 saturated heterocycles. The number of hydrogen-bond acceptors (Lipinski definition) is 6. The number of halogens is 4. The SMILES string of the molecule is Cl.Clc1nc(Cl)nc(Cl)n1.O=c1[nH]c(=O)[nH]c(=O)[nH]1. The first-order valence-corrected chi connectivity index (χ1v) is 5.15. The minimum atomic E-state index is -0.802. The lowest BCUT2D eigenvalue weighted by molar-refractivity contribution is 0.888. The van der Waals surface area contributed by atoms with Gasteiger partial charge >= 0.3 is 17.1 Å². The molecule has 2 aromatic rings. The van der Waals surface area contributed by atoms with Gasteiger partial charge in [-0.15, -0.1) is 12.4 Å². The zero-order valence-corrected chi connectivity index (χ0v) is 11.7. The predicted octanol–water partition coefficient (Wildman–Crippen LogP) is 0.00510. The fraction of sp³-hybridized carbons (Fsp3) is 0. The zero-order valence-electron chi connectivity index (χ0n) is 8.61. The Labute approximate surface area is 124 Å². The van der Waals surface area contributed by atoms with E-state index >= 15 is 0 Å². The number of hydrogen-bond donors (Lipinski definition) is 3. The summed E-state index contributed by atoms with van der Waals surface area (Å²) in [6.07, 6.45) is 0. The van der Waals surface area contributed by atoms with Gasteiger partial charge in [-0.1, -0.05) is 0 Å². The molecule has 0 amide bonds. The van der Waals surface area contributed by atoms with Crippen molar-refractivity contribution >= 4 is 47.2 Å². The largest absolute Gasteiger partial charge is 0.330 e. The molecule has 13 heteroatoms. The molecule has 0 aliphatic heterocycles. The third kappa shape index (κ3) is 6.91. The maximum atomic E-state index is 10.2. The maximum Gasteiger partial charge on any atom is 0.330 e. The highest BCUT2D eigenvalue weighted by molar-refractivity contribution is 6.33. The minimum Gasteiger partial charge on any atom is -0.259 e. The molecule has 0 unspecified atom stereocenters. The highest BCUT2D eigenvalue weighted by atomic mass is 35.5. The van der Waals surface area contributed by atoms with Gasteiger partial charge in [0.15, 0.2) is 0 Å². The molecule has 0 aliphatic rings. The van der Waals surface area contributed by atoms with Crippen LogP contribution in [0.3, 0.4) is 0 Å². The molecule has 19 heavy (non-hydrogen) atoms. The van der Waals surface area contributed by atoms with Gasteiger partial charge in [0, 0.05) is 0 Å². The van der Waals surface area contributed by atoms with E-state index in [9.17, 15) is 14.4 Å². The minimum absolute atomic E-state index is 0. The lowest BCUT2D eigenvalue weighted by atomic mass is 11.0. The average molecular weight is 350 g/mol. The van der Waals surface area contributed by atoms with Crippen molar-refractivity contribution in [3.63, 3.8) is 0 Å². The maximum absolute atomic E-state index is 10.2. The van der Waals surface area contributed by atoms with E-state index in [4.69, 9.17) is 34.8 Å². The molecular formula is C6H4Cl4N6O3. The van der Waals surface area contributed by atoms with E-state index in [1.165, 1.54) is 0 Å². The molecule has 2 rings (SSSR count). The molecule has 0 fully saturated rings. The van der Waals surface area contributed by atoms with E-state index < -0.39 is 17.1 Å². The van der Waals surface area contributed by atoms with Crippen LogP contribution in [0.25, 0.3) is 0 Å². The second-order valence-electron chi connectivity index (χ2n) is 2.50. The summed E-state index contributed by atoms with van der Waals surface area (Å²) in [4.78, 5) is 46.3. The Morgan fingerprint density at radius 3 is 1.05 bits per heavy atom. The van der Waals surface area contributed by atoms with Gasteiger partial charge in [-0.3, -0.25) is 15.0 Å². The second-order valence-corrected chi connectivity index (χ2v) is 3.52. The molecule has 0 atom stereocenters. The van der Waals surface area contributed by atoms with Crippen LogP contribution in [-0.4, -0.2) is 29.9 Å². The number of H-pyrrole nitrogens is 3. The number of nitrogens with one attached hydrogen (secondary N) is 3. The van der Waals surface area contributed by atoms with Gasteiger partial charge in [0.1, 0.15) is 0 Å². The highest BCUT2D eigenvalue weighted by Gasteiger charge is 1.97. The van der Waals surface area contributed by atoms with Crippen molar-refractivity contribution in [3.8, 4) is 0 Å². The number of rotatable bonds is 0. The van der Waals surface area contributed by atoms with E-state index in [2.05, 4.69) is 15.0 Å². The van der Waals surface area contributed by atoms with Gasteiger partial charge in [-0.05, 0) is 34.8 Å². The van der Waals surface area contributed by atoms with Crippen LogP contribution in [0.4, 0.5) is 0 Å². The van der Waals surface area contributed by atoms with E-state index in [1.807, 2.05) is 0 Å². The smallest absolute Gasteiger partial charge is 0.259 e. The molecule has 9 nitrogen and oxygen atoms in total. The summed E-state index contributed by atoms with van der Waals surface area (Å²) < 4.78 is 0. The Kier molecular flexibility index (Phi) is 7.30. The van der Waals surface area contributed by atoms with Gasteiger partial charge in [-0.25, -0.2) is 14.4 Å². The van der Waals surface area contributed by atoms with Crippen LogP contribution in [0.15, 0.2) is 14.4 Å². The monoisotopic (exact) mass is 348 g/mol. The normalized spacial score (nSPS) is 9.00. The summed E-state index contributed by atoms with van der Waals surface area (Å²) in [5.74, 6) is 0. The van der Waals surface area contributed by atoms with Crippen LogP contribution in [0.5, 0.6) is 0 Å². The van der Waals surface area contributed by atoms with Crippen molar-refractivity contribution in [2.75, 3.05) is 0 Å². The topological polar surface area (TPSA) is 137 Å². The second kappa shape index (κ2) is 7.89. The Morgan fingerprint density at radius 2 is 0.842 bits per heavy atom. The first-order chi connectivity index (χ1) is 8.36. The number of aromatic nitrogens is 6. The van der Waals surface area contributed by atoms with Crippen molar-refractivity contribution in [3.05, 3.63) is 47.3 Å². The lowest BCUT2D eigenvalue weighted by Crippen LogP contribution is -2.34. The molecule has 0 bridgehead atoms. The first-order valence-electron chi connectivity index (χ1n) is 4.02. The zero-order chi connectivity index (χ0) is 13.7. The van der Waals surface area contributed by atoms with Gasteiger partial charge in [0.25, 0.3) is 0 Å². The molecule has 0 spiro atoms. The van der Waals surface area contributed by atoms with Crippen molar-refractivity contribution in [2.24, 2.45) is 0 Å². The van der Waals surface area contributed by atoms with Crippen molar-refractivity contribution in [1.82, 2.24) is 29.9 Å². The summed E-state index contributed by atoms with van der Waals surface area (Å²) in [6, 6.07) is 0. The van der Waals surface area contributed by atoms with E-state index in [0.717, 1.165) is 0 Å².